The lowest BCUT2D eigenvalue weighted by Gasteiger charge is -2.43. The SMILES string of the molecule is C[C@@H](O)c1cccc(-c2cccc(C(=O)NCC3(N(C)C)CCCCC3)c2)c1. The third kappa shape index (κ3) is 4.62. The van der Waals surface area contributed by atoms with Crippen LogP contribution in [0.5, 0.6) is 0 Å². The van der Waals surface area contributed by atoms with E-state index in [0.29, 0.717) is 12.1 Å². The summed E-state index contributed by atoms with van der Waals surface area (Å²) in [4.78, 5) is 15.1. The maximum absolute atomic E-state index is 12.8. The zero-order valence-electron chi connectivity index (χ0n) is 17.2. The number of likely N-dealkylation sites (N-methyl/N-ethyl adjacent to an activating group) is 1. The molecule has 1 saturated carbocycles. The Morgan fingerprint density at radius 3 is 2.36 bits per heavy atom. The van der Waals surface area contributed by atoms with E-state index in [0.717, 1.165) is 29.5 Å². The topological polar surface area (TPSA) is 52.6 Å². The highest BCUT2D eigenvalue weighted by Crippen LogP contribution is 2.31. The van der Waals surface area contributed by atoms with E-state index in [-0.39, 0.29) is 11.4 Å². The predicted molar refractivity (Wildman–Crippen MR) is 114 cm³/mol. The lowest BCUT2D eigenvalue weighted by molar-refractivity contribution is 0.0799. The molecule has 0 radical (unpaired) electrons. The third-order valence-electron chi connectivity index (χ3n) is 6.14. The van der Waals surface area contributed by atoms with Crippen LogP contribution < -0.4 is 5.32 Å². The Labute approximate surface area is 168 Å². The molecule has 1 aliphatic carbocycles. The highest BCUT2D eigenvalue weighted by molar-refractivity contribution is 5.95. The summed E-state index contributed by atoms with van der Waals surface area (Å²) < 4.78 is 0. The number of benzene rings is 2. The molecule has 1 atom stereocenters. The van der Waals surface area contributed by atoms with Crippen molar-refractivity contribution in [3.8, 4) is 11.1 Å². The van der Waals surface area contributed by atoms with Crippen LogP contribution in [0.4, 0.5) is 0 Å². The van der Waals surface area contributed by atoms with Gasteiger partial charge in [0.05, 0.1) is 6.10 Å². The van der Waals surface area contributed by atoms with Crippen LogP contribution in [-0.4, -0.2) is 42.1 Å². The summed E-state index contributed by atoms with van der Waals surface area (Å²) in [6.07, 6.45) is 5.49. The molecule has 0 spiro atoms. The van der Waals surface area contributed by atoms with Gasteiger partial charge in [0, 0.05) is 17.6 Å². The van der Waals surface area contributed by atoms with Gasteiger partial charge in [-0.1, -0.05) is 49.6 Å². The number of nitrogens with zero attached hydrogens (tertiary/aromatic N) is 1. The first kappa shape index (κ1) is 20.6. The van der Waals surface area contributed by atoms with Gasteiger partial charge in [-0.25, -0.2) is 0 Å². The molecule has 0 heterocycles. The number of carbonyl (C=O) groups is 1. The monoisotopic (exact) mass is 380 g/mol. The smallest absolute Gasteiger partial charge is 0.251 e. The zero-order chi connectivity index (χ0) is 20.1. The van der Waals surface area contributed by atoms with Gasteiger partial charge in [0.15, 0.2) is 0 Å². The van der Waals surface area contributed by atoms with E-state index in [1.54, 1.807) is 6.92 Å². The number of nitrogens with one attached hydrogen (secondary N) is 1. The molecule has 2 N–H and O–H groups in total. The minimum absolute atomic E-state index is 0.0275. The summed E-state index contributed by atoms with van der Waals surface area (Å²) in [6.45, 7) is 2.44. The molecule has 0 aliphatic heterocycles. The van der Waals surface area contributed by atoms with E-state index in [4.69, 9.17) is 0 Å². The van der Waals surface area contributed by atoms with E-state index < -0.39 is 6.10 Å². The minimum Gasteiger partial charge on any atom is -0.389 e. The molecule has 3 rings (SSSR count). The van der Waals surface area contributed by atoms with Crippen molar-refractivity contribution in [3.05, 3.63) is 59.7 Å². The van der Waals surface area contributed by atoms with Crippen LogP contribution >= 0.6 is 0 Å². The van der Waals surface area contributed by atoms with Crippen molar-refractivity contribution in [2.75, 3.05) is 20.6 Å². The molecule has 4 nitrogen and oxygen atoms in total. The van der Waals surface area contributed by atoms with Crippen LogP contribution in [0.2, 0.25) is 0 Å². The second-order valence-electron chi connectivity index (χ2n) is 8.24. The molecule has 0 saturated heterocycles. The fourth-order valence-electron chi connectivity index (χ4n) is 4.16. The summed E-state index contributed by atoms with van der Waals surface area (Å²) in [7, 11) is 4.24. The Hall–Kier alpha value is -2.17. The number of hydrogen-bond donors (Lipinski definition) is 2. The molecular formula is C24H32N2O2. The first-order chi connectivity index (χ1) is 13.4. The van der Waals surface area contributed by atoms with Crippen LogP contribution in [0.25, 0.3) is 11.1 Å². The van der Waals surface area contributed by atoms with Crippen LogP contribution in [-0.2, 0) is 0 Å². The van der Waals surface area contributed by atoms with Crippen LogP contribution in [0.3, 0.4) is 0 Å². The van der Waals surface area contributed by atoms with Gasteiger partial charge >= 0.3 is 0 Å². The molecule has 2 aromatic rings. The molecule has 0 aromatic heterocycles. The lowest BCUT2D eigenvalue weighted by Crippen LogP contribution is -2.53. The molecule has 0 bridgehead atoms. The molecule has 0 unspecified atom stereocenters. The molecule has 2 aromatic carbocycles. The highest BCUT2D eigenvalue weighted by Gasteiger charge is 2.34. The Morgan fingerprint density at radius 1 is 1.07 bits per heavy atom. The van der Waals surface area contributed by atoms with Crippen molar-refractivity contribution in [2.24, 2.45) is 0 Å². The first-order valence-electron chi connectivity index (χ1n) is 10.3. The van der Waals surface area contributed by atoms with E-state index in [9.17, 15) is 9.90 Å². The fourth-order valence-corrected chi connectivity index (χ4v) is 4.16. The van der Waals surface area contributed by atoms with Gasteiger partial charge in [0.25, 0.3) is 5.91 Å². The number of carbonyl (C=O) groups excluding carboxylic acids is 1. The van der Waals surface area contributed by atoms with Crippen LogP contribution in [0, 0.1) is 0 Å². The maximum atomic E-state index is 12.8. The Bertz CT molecular complexity index is 808. The number of amides is 1. The van der Waals surface area contributed by atoms with Crippen LogP contribution in [0.15, 0.2) is 48.5 Å². The van der Waals surface area contributed by atoms with Crippen molar-refractivity contribution in [3.63, 3.8) is 0 Å². The zero-order valence-corrected chi connectivity index (χ0v) is 17.2. The van der Waals surface area contributed by atoms with Gasteiger partial charge in [-0.3, -0.25) is 4.79 Å². The molecule has 1 fully saturated rings. The number of aliphatic hydroxyl groups excluding tert-OH is 1. The van der Waals surface area contributed by atoms with Gasteiger partial charge in [-0.15, -0.1) is 0 Å². The average molecular weight is 381 g/mol. The number of rotatable bonds is 6. The van der Waals surface area contributed by atoms with E-state index >= 15 is 0 Å². The summed E-state index contributed by atoms with van der Waals surface area (Å²) in [5, 5.41) is 13.0. The molecule has 28 heavy (non-hydrogen) atoms. The van der Waals surface area contributed by atoms with Crippen molar-refractivity contribution in [1.82, 2.24) is 10.2 Å². The third-order valence-corrected chi connectivity index (χ3v) is 6.14. The van der Waals surface area contributed by atoms with Crippen LogP contribution in [0.1, 0.15) is 61.1 Å². The molecule has 150 valence electrons. The standard InChI is InChI=1S/C24H32N2O2/c1-18(27)19-9-7-10-20(15-19)21-11-8-12-22(16-21)23(28)25-17-24(26(2)3)13-5-4-6-14-24/h7-12,15-16,18,27H,4-6,13-14,17H2,1-3H3,(H,25,28)/t18-/m1/s1. The highest BCUT2D eigenvalue weighted by atomic mass is 16.3. The fraction of sp³-hybridized carbons (Fsp3) is 0.458. The quantitative estimate of drug-likeness (QED) is 0.781. The van der Waals surface area contributed by atoms with Crippen molar-refractivity contribution in [1.29, 1.82) is 0 Å². The van der Waals surface area contributed by atoms with Gasteiger partial charge < -0.3 is 15.3 Å². The largest absolute Gasteiger partial charge is 0.389 e. The van der Waals surface area contributed by atoms with Gasteiger partial charge in [-0.05, 0) is 68.8 Å². The maximum Gasteiger partial charge on any atom is 0.251 e. The summed E-state index contributed by atoms with van der Waals surface area (Å²) in [5.74, 6) is -0.0275. The summed E-state index contributed by atoms with van der Waals surface area (Å²) in [5.41, 5.74) is 3.60. The van der Waals surface area contributed by atoms with E-state index in [1.165, 1.54) is 19.3 Å². The van der Waals surface area contributed by atoms with Crippen molar-refractivity contribution in [2.45, 2.75) is 50.7 Å². The van der Waals surface area contributed by atoms with Gasteiger partial charge in [0.1, 0.15) is 0 Å². The van der Waals surface area contributed by atoms with E-state index in [2.05, 4.69) is 24.3 Å². The second-order valence-corrected chi connectivity index (χ2v) is 8.24. The molecular weight excluding hydrogens is 348 g/mol. The second kappa shape index (κ2) is 8.89. The summed E-state index contributed by atoms with van der Waals surface area (Å²) in [6, 6.07) is 15.5. The lowest BCUT2D eigenvalue weighted by atomic mass is 9.80. The Balaban J connectivity index is 1.74. The van der Waals surface area contributed by atoms with Gasteiger partial charge in [-0.2, -0.15) is 0 Å². The van der Waals surface area contributed by atoms with Crippen molar-refractivity contribution >= 4 is 5.91 Å². The molecule has 1 amide bonds. The Morgan fingerprint density at radius 2 is 1.71 bits per heavy atom. The average Bonchev–Trinajstić information content (AvgIpc) is 2.72. The van der Waals surface area contributed by atoms with Gasteiger partial charge in [0.2, 0.25) is 0 Å². The van der Waals surface area contributed by atoms with Crippen molar-refractivity contribution < 1.29 is 9.90 Å². The normalized spacial score (nSPS) is 17.3. The summed E-state index contributed by atoms with van der Waals surface area (Å²) >= 11 is 0. The van der Waals surface area contributed by atoms with E-state index in [1.807, 2.05) is 48.5 Å². The predicted octanol–water partition coefficient (Wildman–Crippen LogP) is 4.40. The molecule has 1 aliphatic rings. The number of aliphatic hydroxyl groups is 1. The minimum atomic E-state index is -0.510. The first-order valence-corrected chi connectivity index (χ1v) is 10.3. The molecule has 4 heteroatoms. The Kier molecular flexibility index (Phi) is 6.53. The number of hydrogen-bond acceptors (Lipinski definition) is 3.